The third kappa shape index (κ3) is 7.09. The molecular formula is C25H25NO4. The van der Waals surface area contributed by atoms with E-state index >= 15 is 0 Å². The van der Waals surface area contributed by atoms with Crippen LogP contribution in [0.3, 0.4) is 0 Å². The summed E-state index contributed by atoms with van der Waals surface area (Å²) in [6, 6.07) is 24.6. The van der Waals surface area contributed by atoms with Crippen LogP contribution in [0.4, 0.5) is 5.69 Å². The summed E-state index contributed by atoms with van der Waals surface area (Å²) >= 11 is 0. The second-order valence-electron chi connectivity index (χ2n) is 6.98. The van der Waals surface area contributed by atoms with Gasteiger partial charge in [0.25, 0.3) is 5.91 Å². The molecule has 0 spiro atoms. The highest BCUT2D eigenvalue weighted by molar-refractivity contribution is 5.91. The average molecular weight is 403 g/mol. The van der Waals surface area contributed by atoms with Crippen LogP contribution in [-0.2, 0) is 22.6 Å². The Morgan fingerprint density at radius 2 is 1.40 bits per heavy atom. The first-order valence-electron chi connectivity index (χ1n) is 9.86. The van der Waals surface area contributed by atoms with Crippen LogP contribution < -0.4 is 14.8 Å². The minimum atomic E-state index is -0.242. The molecule has 0 fully saturated rings. The molecule has 1 N–H and O–H groups in total. The number of rotatable bonds is 10. The van der Waals surface area contributed by atoms with E-state index in [4.69, 9.17) is 9.47 Å². The molecule has 0 saturated carbocycles. The summed E-state index contributed by atoms with van der Waals surface area (Å²) < 4.78 is 11.3. The molecule has 154 valence electrons. The van der Waals surface area contributed by atoms with Crippen LogP contribution in [0, 0.1) is 0 Å². The van der Waals surface area contributed by atoms with E-state index < -0.39 is 0 Å². The molecule has 3 rings (SSSR count). The van der Waals surface area contributed by atoms with Gasteiger partial charge in [0.1, 0.15) is 23.9 Å². The molecule has 0 aliphatic rings. The number of carbonyl (C=O) groups is 2. The van der Waals surface area contributed by atoms with Crippen LogP contribution in [-0.4, -0.2) is 18.3 Å². The van der Waals surface area contributed by atoms with Gasteiger partial charge in [-0.15, -0.1) is 0 Å². The lowest BCUT2D eigenvalue weighted by molar-refractivity contribution is -0.118. The van der Waals surface area contributed by atoms with Crippen molar-refractivity contribution in [1.29, 1.82) is 0 Å². The first-order valence-corrected chi connectivity index (χ1v) is 9.86. The monoisotopic (exact) mass is 403 g/mol. The second-order valence-corrected chi connectivity index (χ2v) is 6.98. The van der Waals surface area contributed by atoms with Gasteiger partial charge in [0.05, 0.1) is 0 Å². The maximum Gasteiger partial charge on any atom is 0.262 e. The van der Waals surface area contributed by atoms with Crippen molar-refractivity contribution in [2.75, 3.05) is 11.9 Å². The lowest BCUT2D eigenvalue weighted by atomic mass is 10.1. The maximum atomic E-state index is 12.1. The Hall–Kier alpha value is -3.60. The number of amides is 1. The molecule has 0 aliphatic carbocycles. The number of carbonyl (C=O) groups excluding carboxylic acids is 2. The van der Waals surface area contributed by atoms with Gasteiger partial charge >= 0.3 is 0 Å². The van der Waals surface area contributed by atoms with Crippen LogP contribution in [0.1, 0.15) is 24.5 Å². The van der Waals surface area contributed by atoms with Crippen LogP contribution in [0.15, 0.2) is 78.9 Å². The molecule has 0 unspecified atom stereocenters. The first kappa shape index (κ1) is 21.1. The largest absolute Gasteiger partial charge is 0.489 e. The lowest BCUT2D eigenvalue weighted by Gasteiger charge is -2.10. The smallest absolute Gasteiger partial charge is 0.262 e. The van der Waals surface area contributed by atoms with E-state index in [2.05, 4.69) is 5.32 Å². The van der Waals surface area contributed by atoms with Crippen molar-refractivity contribution in [3.8, 4) is 11.5 Å². The SMILES string of the molecule is CC(=O)CCc1ccc(OCC(=O)Nc2ccc(OCc3ccccc3)cc2)cc1. The number of Topliss-reactive ketones (excluding diaryl/α,β-unsaturated/α-hetero) is 1. The molecule has 0 bridgehead atoms. The predicted molar refractivity (Wildman–Crippen MR) is 117 cm³/mol. The highest BCUT2D eigenvalue weighted by atomic mass is 16.5. The lowest BCUT2D eigenvalue weighted by Crippen LogP contribution is -2.20. The number of aryl methyl sites for hydroxylation is 1. The van der Waals surface area contributed by atoms with E-state index in [1.807, 2.05) is 66.7 Å². The van der Waals surface area contributed by atoms with E-state index in [0.717, 1.165) is 16.9 Å². The number of anilines is 1. The summed E-state index contributed by atoms with van der Waals surface area (Å²) in [7, 11) is 0. The maximum absolute atomic E-state index is 12.1. The molecule has 0 aliphatic heterocycles. The molecule has 0 saturated heterocycles. The zero-order chi connectivity index (χ0) is 21.2. The Bertz CT molecular complexity index is 951. The quantitative estimate of drug-likeness (QED) is 0.528. The fourth-order valence-corrected chi connectivity index (χ4v) is 2.79. The van der Waals surface area contributed by atoms with E-state index in [-0.39, 0.29) is 18.3 Å². The highest BCUT2D eigenvalue weighted by Crippen LogP contribution is 2.18. The van der Waals surface area contributed by atoms with Gasteiger partial charge in [0.2, 0.25) is 0 Å². The van der Waals surface area contributed by atoms with Gasteiger partial charge in [-0.3, -0.25) is 4.79 Å². The number of benzene rings is 3. The van der Waals surface area contributed by atoms with Gasteiger partial charge in [-0.2, -0.15) is 0 Å². The van der Waals surface area contributed by atoms with E-state index in [0.29, 0.717) is 30.9 Å². The summed E-state index contributed by atoms with van der Waals surface area (Å²) in [5.74, 6) is 1.27. The number of ketones is 1. The summed E-state index contributed by atoms with van der Waals surface area (Å²) in [5, 5.41) is 2.80. The van der Waals surface area contributed by atoms with Crippen molar-refractivity contribution < 1.29 is 19.1 Å². The Labute approximate surface area is 176 Å². The summed E-state index contributed by atoms with van der Waals surface area (Å²) in [4.78, 5) is 23.2. The average Bonchev–Trinajstić information content (AvgIpc) is 2.77. The van der Waals surface area contributed by atoms with Crippen molar-refractivity contribution in [3.63, 3.8) is 0 Å². The Morgan fingerprint density at radius 1 is 0.767 bits per heavy atom. The minimum absolute atomic E-state index is 0.0843. The number of hydrogen-bond donors (Lipinski definition) is 1. The van der Waals surface area contributed by atoms with Crippen molar-refractivity contribution in [3.05, 3.63) is 90.0 Å². The van der Waals surface area contributed by atoms with Gasteiger partial charge in [-0.25, -0.2) is 0 Å². The van der Waals surface area contributed by atoms with E-state index in [1.54, 1.807) is 19.1 Å². The van der Waals surface area contributed by atoms with Crippen molar-refractivity contribution in [1.82, 2.24) is 0 Å². The predicted octanol–water partition coefficient (Wildman–Crippen LogP) is 4.80. The molecule has 3 aromatic carbocycles. The molecule has 0 aromatic heterocycles. The number of nitrogens with one attached hydrogen (secondary N) is 1. The summed E-state index contributed by atoms with van der Waals surface area (Å²) in [6.45, 7) is 1.99. The van der Waals surface area contributed by atoms with Crippen molar-refractivity contribution in [2.24, 2.45) is 0 Å². The van der Waals surface area contributed by atoms with Gasteiger partial charge in [0.15, 0.2) is 6.61 Å². The van der Waals surface area contributed by atoms with Crippen LogP contribution in [0.5, 0.6) is 11.5 Å². The summed E-state index contributed by atoms with van der Waals surface area (Å²) in [6.07, 6.45) is 1.24. The highest BCUT2D eigenvalue weighted by Gasteiger charge is 2.05. The Morgan fingerprint density at radius 3 is 2.07 bits per heavy atom. The standard InChI is InChI=1S/C25H25NO4/c1-19(27)7-8-20-9-13-23(14-10-20)30-18-25(28)26-22-11-15-24(16-12-22)29-17-21-5-3-2-4-6-21/h2-6,9-16H,7-8,17-18H2,1H3,(H,26,28). The molecule has 1 amide bonds. The first-order chi connectivity index (χ1) is 14.6. The minimum Gasteiger partial charge on any atom is -0.489 e. The van der Waals surface area contributed by atoms with E-state index in [1.165, 1.54) is 0 Å². The molecule has 5 heteroatoms. The molecule has 0 radical (unpaired) electrons. The molecule has 0 heterocycles. The zero-order valence-electron chi connectivity index (χ0n) is 17.0. The number of hydrogen-bond acceptors (Lipinski definition) is 4. The van der Waals surface area contributed by atoms with Gasteiger partial charge in [-0.1, -0.05) is 42.5 Å². The normalized spacial score (nSPS) is 10.3. The molecular weight excluding hydrogens is 378 g/mol. The summed E-state index contributed by atoms with van der Waals surface area (Å²) in [5.41, 5.74) is 2.84. The molecule has 3 aromatic rings. The van der Waals surface area contributed by atoms with Crippen LogP contribution >= 0.6 is 0 Å². The fourth-order valence-electron chi connectivity index (χ4n) is 2.79. The van der Waals surface area contributed by atoms with Gasteiger partial charge < -0.3 is 19.6 Å². The molecule has 0 atom stereocenters. The Balaban J connectivity index is 1.41. The van der Waals surface area contributed by atoms with Crippen molar-refractivity contribution >= 4 is 17.4 Å². The van der Waals surface area contributed by atoms with Crippen molar-refractivity contribution in [2.45, 2.75) is 26.4 Å². The molecule has 5 nitrogen and oxygen atoms in total. The number of ether oxygens (including phenoxy) is 2. The third-order valence-electron chi connectivity index (χ3n) is 4.45. The van der Waals surface area contributed by atoms with Gasteiger partial charge in [-0.05, 0) is 60.9 Å². The topological polar surface area (TPSA) is 64.6 Å². The third-order valence-corrected chi connectivity index (χ3v) is 4.45. The second kappa shape index (κ2) is 10.8. The van der Waals surface area contributed by atoms with Crippen LogP contribution in [0.2, 0.25) is 0 Å². The van der Waals surface area contributed by atoms with Gasteiger partial charge in [0, 0.05) is 12.1 Å². The fraction of sp³-hybridized carbons (Fsp3) is 0.200. The Kier molecular flexibility index (Phi) is 7.61. The van der Waals surface area contributed by atoms with E-state index in [9.17, 15) is 9.59 Å². The molecule has 30 heavy (non-hydrogen) atoms. The zero-order valence-corrected chi connectivity index (χ0v) is 17.0. The van der Waals surface area contributed by atoms with Crippen LogP contribution in [0.25, 0.3) is 0 Å².